The van der Waals surface area contributed by atoms with Crippen molar-refractivity contribution in [3.8, 4) is 11.5 Å². The molecule has 3 nitrogen and oxygen atoms in total. The van der Waals surface area contributed by atoms with Gasteiger partial charge < -0.3 is 15.9 Å². The molecular formula is C15H13ClN2O. The maximum Gasteiger partial charge on any atom is 0.127 e. The largest absolute Gasteiger partial charge is 0.457 e. The van der Waals surface area contributed by atoms with Crippen molar-refractivity contribution in [1.82, 2.24) is 0 Å². The first-order valence-corrected chi connectivity index (χ1v) is 6.07. The molecule has 0 fully saturated rings. The molecule has 0 bridgehead atoms. The van der Waals surface area contributed by atoms with Gasteiger partial charge in [0, 0.05) is 23.0 Å². The van der Waals surface area contributed by atoms with E-state index in [1.807, 2.05) is 24.3 Å². The van der Waals surface area contributed by atoms with Gasteiger partial charge in [-0.15, -0.1) is 0 Å². The highest BCUT2D eigenvalue weighted by molar-refractivity contribution is 6.30. The van der Waals surface area contributed by atoms with Gasteiger partial charge in [-0.2, -0.15) is 0 Å². The minimum Gasteiger partial charge on any atom is -0.457 e. The molecule has 0 atom stereocenters. The van der Waals surface area contributed by atoms with E-state index in [0.717, 1.165) is 11.3 Å². The van der Waals surface area contributed by atoms with E-state index in [0.29, 0.717) is 16.3 Å². The van der Waals surface area contributed by atoms with E-state index in [4.69, 9.17) is 27.5 Å². The fourth-order valence-electron chi connectivity index (χ4n) is 1.58. The number of ether oxygens (including phenoxy) is 1. The maximum atomic E-state index is 7.23. The van der Waals surface area contributed by atoms with Crippen molar-refractivity contribution in [2.45, 2.75) is 0 Å². The number of allylic oxidation sites excluding steroid dienone is 1. The van der Waals surface area contributed by atoms with Gasteiger partial charge in [0.25, 0.3) is 0 Å². The van der Waals surface area contributed by atoms with E-state index >= 15 is 0 Å². The molecule has 96 valence electrons. The quantitative estimate of drug-likeness (QED) is 0.824. The molecule has 3 N–H and O–H groups in total. The van der Waals surface area contributed by atoms with Gasteiger partial charge in [0.15, 0.2) is 0 Å². The fourth-order valence-corrected chi connectivity index (χ4v) is 1.71. The molecule has 0 aromatic heterocycles. The molecule has 0 spiro atoms. The van der Waals surface area contributed by atoms with E-state index in [1.54, 1.807) is 24.3 Å². The van der Waals surface area contributed by atoms with Crippen molar-refractivity contribution in [3.63, 3.8) is 0 Å². The Morgan fingerprint density at radius 2 is 1.53 bits per heavy atom. The van der Waals surface area contributed by atoms with Crippen LogP contribution in [-0.4, -0.2) is 6.21 Å². The van der Waals surface area contributed by atoms with Gasteiger partial charge >= 0.3 is 0 Å². The molecule has 0 amide bonds. The summed E-state index contributed by atoms with van der Waals surface area (Å²) in [5, 5.41) is 7.91. The van der Waals surface area contributed by atoms with Crippen molar-refractivity contribution in [2.75, 3.05) is 0 Å². The topological polar surface area (TPSA) is 59.1 Å². The first-order valence-electron chi connectivity index (χ1n) is 5.69. The summed E-state index contributed by atoms with van der Waals surface area (Å²) in [6.07, 6.45) is 2.62. The molecule has 4 heteroatoms. The Balaban J connectivity index is 2.15. The Hall–Kier alpha value is -2.26. The molecule has 2 aromatic carbocycles. The molecule has 2 rings (SSSR count). The Morgan fingerprint density at radius 1 is 1.00 bits per heavy atom. The summed E-state index contributed by atoms with van der Waals surface area (Å²) >= 11 is 5.81. The zero-order chi connectivity index (χ0) is 13.7. The van der Waals surface area contributed by atoms with Crippen LogP contribution < -0.4 is 10.5 Å². The Kier molecular flexibility index (Phi) is 4.21. The van der Waals surface area contributed by atoms with Crippen molar-refractivity contribution in [1.29, 1.82) is 5.41 Å². The summed E-state index contributed by atoms with van der Waals surface area (Å²) in [5.41, 5.74) is 6.97. The van der Waals surface area contributed by atoms with Gasteiger partial charge in [-0.05, 0) is 42.0 Å². The first-order chi connectivity index (χ1) is 9.22. The third-order valence-electron chi connectivity index (χ3n) is 2.57. The second-order valence-corrected chi connectivity index (χ2v) is 4.28. The van der Waals surface area contributed by atoms with Crippen LogP contribution in [0.2, 0.25) is 5.02 Å². The van der Waals surface area contributed by atoms with Crippen molar-refractivity contribution >= 4 is 23.4 Å². The number of benzene rings is 2. The predicted molar refractivity (Wildman–Crippen MR) is 78.9 cm³/mol. The normalized spacial score (nSPS) is 11.1. The summed E-state index contributed by atoms with van der Waals surface area (Å²) in [5.74, 6) is 1.44. The molecule has 0 saturated carbocycles. The summed E-state index contributed by atoms with van der Waals surface area (Å²) in [4.78, 5) is 0. The molecule has 0 radical (unpaired) electrons. The molecular weight excluding hydrogens is 260 g/mol. The minimum atomic E-state index is 0.665. The lowest BCUT2D eigenvalue weighted by Gasteiger charge is -2.07. The number of nitrogens with two attached hydrogens (primary N) is 1. The molecule has 0 aliphatic carbocycles. The van der Waals surface area contributed by atoms with E-state index in [-0.39, 0.29) is 0 Å². The summed E-state index contributed by atoms with van der Waals surface area (Å²) < 4.78 is 5.67. The average molecular weight is 273 g/mol. The second-order valence-electron chi connectivity index (χ2n) is 3.85. The molecule has 19 heavy (non-hydrogen) atoms. The maximum absolute atomic E-state index is 7.23. The summed E-state index contributed by atoms with van der Waals surface area (Å²) in [6, 6.07) is 14.5. The lowest BCUT2D eigenvalue weighted by molar-refractivity contribution is 0.482. The van der Waals surface area contributed by atoms with Gasteiger partial charge in [-0.1, -0.05) is 23.7 Å². The minimum absolute atomic E-state index is 0.665. The number of nitrogens with one attached hydrogen (secondary N) is 1. The van der Waals surface area contributed by atoms with Crippen LogP contribution >= 0.6 is 11.6 Å². The van der Waals surface area contributed by atoms with Crippen LogP contribution in [0.1, 0.15) is 5.56 Å². The Morgan fingerprint density at radius 3 is 2.00 bits per heavy atom. The van der Waals surface area contributed by atoms with Gasteiger partial charge in [0.05, 0.1) is 0 Å². The van der Waals surface area contributed by atoms with E-state index in [9.17, 15) is 0 Å². The molecule has 0 unspecified atom stereocenters. The van der Waals surface area contributed by atoms with Crippen molar-refractivity contribution < 1.29 is 4.74 Å². The van der Waals surface area contributed by atoms with Crippen LogP contribution in [0.5, 0.6) is 11.5 Å². The monoisotopic (exact) mass is 272 g/mol. The highest BCUT2D eigenvalue weighted by Gasteiger charge is 2.00. The zero-order valence-corrected chi connectivity index (χ0v) is 10.9. The van der Waals surface area contributed by atoms with Crippen LogP contribution in [0.4, 0.5) is 0 Å². The van der Waals surface area contributed by atoms with Crippen LogP contribution in [0, 0.1) is 5.41 Å². The van der Waals surface area contributed by atoms with Crippen molar-refractivity contribution in [3.05, 3.63) is 65.3 Å². The smallest absolute Gasteiger partial charge is 0.127 e. The van der Waals surface area contributed by atoms with Gasteiger partial charge in [0.2, 0.25) is 0 Å². The van der Waals surface area contributed by atoms with E-state index < -0.39 is 0 Å². The molecule has 0 aliphatic heterocycles. The first kappa shape index (κ1) is 13.2. The molecule has 2 aromatic rings. The zero-order valence-electron chi connectivity index (χ0n) is 10.1. The van der Waals surface area contributed by atoms with Crippen LogP contribution in [-0.2, 0) is 0 Å². The van der Waals surface area contributed by atoms with Crippen LogP contribution in [0.25, 0.3) is 5.57 Å². The summed E-state index contributed by atoms with van der Waals surface area (Å²) in [7, 11) is 0. The number of rotatable bonds is 4. The van der Waals surface area contributed by atoms with Gasteiger partial charge in [-0.3, -0.25) is 0 Å². The molecule has 0 aliphatic rings. The molecule has 0 saturated heterocycles. The SMILES string of the molecule is N=C/C(=C\N)c1ccc(Oc2ccc(Cl)cc2)cc1. The Labute approximate surface area is 116 Å². The highest BCUT2D eigenvalue weighted by atomic mass is 35.5. The van der Waals surface area contributed by atoms with Gasteiger partial charge in [0.1, 0.15) is 11.5 Å². The highest BCUT2D eigenvalue weighted by Crippen LogP contribution is 2.24. The van der Waals surface area contributed by atoms with Crippen molar-refractivity contribution in [2.24, 2.45) is 5.73 Å². The van der Waals surface area contributed by atoms with E-state index in [2.05, 4.69) is 0 Å². The van der Waals surface area contributed by atoms with Crippen LogP contribution in [0.3, 0.4) is 0 Å². The number of hydrogen-bond acceptors (Lipinski definition) is 3. The lowest BCUT2D eigenvalue weighted by Crippen LogP contribution is -1.91. The van der Waals surface area contributed by atoms with Gasteiger partial charge in [-0.25, -0.2) is 0 Å². The number of halogens is 1. The third kappa shape index (κ3) is 3.36. The fraction of sp³-hybridized carbons (Fsp3) is 0. The number of hydrogen-bond donors (Lipinski definition) is 2. The van der Waals surface area contributed by atoms with E-state index in [1.165, 1.54) is 12.4 Å². The second kappa shape index (κ2) is 6.07. The average Bonchev–Trinajstić information content (AvgIpc) is 2.44. The Bertz CT molecular complexity index is 589. The third-order valence-corrected chi connectivity index (χ3v) is 2.82. The molecule has 0 heterocycles. The summed E-state index contributed by atoms with van der Waals surface area (Å²) in [6.45, 7) is 0. The van der Waals surface area contributed by atoms with Crippen LogP contribution in [0.15, 0.2) is 54.7 Å². The lowest BCUT2D eigenvalue weighted by atomic mass is 10.1. The predicted octanol–water partition coefficient (Wildman–Crippen LogP) is 4.08. The standard InChI is InChI=1S/C15H13ClN2O/c16-13-3-7-15(8-4-13)19-14-5-1-11(2-6-14)12(9-17)10-18/h1-10,17H,18H2/b12-10+,17-9?.